The van der Waals surface area contributed by atoms with Gasteiger partial charge in [0.2, 0.25) is 0 Å². The molecule has 0 bridgehead atoms. The summed E-state index contributed by atoms with van der Waals surface area (Å²) in [5.74, 6) is 1.30. The molecule has 2 aliphatic heterocycles. The van der Waals surface area contributed by atoms with E-state index in [0.717, 1.165) is 23.9 Å². The van der Waals surface area contributed by atoms with E-state index in [4.69, 9.17) is 15.2 Å². The lowest BCUT2D eigenvalue weighted by Crippen LogP contribution is -2.39. The molecule has 0 spiro atoms. The Morgan fingerprint density at radius 2 is 2.14 bits per heavy atom. The van der Waals surface area contributed by atoms with Gasteiger partial charge in [-0.25, -0.2) is 0 Å². The molecular weight excluding hydrogens is 360 g/mol. The third-order valence-electron chi connectivity index (χ3n) is 3.75. The van der Waals surface area contributed by atoms with Crippen molar-refractivity contribution in [2.45, 2.75) is 18.9 Å². The monoisotopic (exact) mass is 376 g/mol. The van der Waals surface area contributed by atoms with Crippen LogP contribution in [0.5, 0.6) is 11.5 Å². The summed E-state index contributed by atoms with van der Waals surface area (Å²) >= 11 is 3.44. The Kier molecular flexibility index (Phi) is 5.35. The number of fused-ring (bicyclic) bond motifs is 1. The van der Waals surface area contributed by atoms with E-state index in [1.807, 2.05) is 4.90 Å². The summed E-state index contributed by atoms with van der Waals surface area (Å²) in [6.07, 6.45) is 1.99. The molecule has 2 heterocycles. The molecule has 5 nitrogen and oxygen atoms in total. The number of nitrogens with zero attached hydrogens (tertiary/aromatic N) is 1. The Bertz CT molecular complexity index is 541. The second-order valence-corrected chi connectivity index (χ2v) is 5.87. The third kappa shape index (κ3) is 3.12. The third-order valence-corrected chi connectivity index (χ3v) is 4.34. The highest BCUT2D eigenvalue weighted by molar-refractivity contribution is 9.10. The van der Waals surface area contributed by atoms with Crippen LogP contribution in [0.15, 0.2) is 16.6 Å². The molecule has 2 N–H and O–H groups in total. The summed E-state index contributed by atoms with van der Waals surface area (Å²) in [5, 5.41) is 0. The van der Waals surface area contributed by atoms with Gasteiger partial charge in [0.15, 0.2) is 11.5 Å². The summed E-state index contributed by atoms with van der Waals surface area (Å²) in [6.45, 7) is 2.32. The highest BCUT2D eigenvalue weighted by atomic mass is 79.9. The molecule has 0 saturated carbocycles. The lowest BCUT2D eigenvalue weighted by atomic mass is 10.1. The maximum atomic E-state index is 12.6. The van der Waals surface area contributed by atoms with Gasteiger partial charge >= 0.3 is 0 Å². The Hall–Kier alpha value is -0.980. The molecule has 0 aliphatic carbocycles. The quantitative estimate of drug-likeness (QED) is 0.858. The van der Waals surface area contributed by atoms with Gasteiger partial charge in [-0.15, -0.1) is 12.4 Å². The van der Waals surface area contributed by atoms with Crippen LogP contribution in [-0.4, -0.2) is 43.2 Å². The minimum atomic E-state index is 0. The first-order chi connectivity index (χ1) is 9.70. The van der Waals surface area contributed by atoms with E-state index in [9.17, 15) is 4.79 Å². The minimum absolute atomic E-state index is 0. The predicted octanol–water partition coefficient (Wildman–Crippen LogP) is 2.21. The second kappa shape index (κ2) is 6.85. The Labute approximate surface area is 138 Å². The Morgan fingerprint density at radius 3 is 2.90 bits per heavy atom. The van der Waals surface area contributed by atoms with Crippen molar-refractivity contribution in [3.05, 3.63) is 22.2 Å². The molecule has 0 aromatic heterocycles. The molecule has 1 fully saturated rings. The summed E-state index contributed by atoms with van der Waals surface area (Å²) in [6, 6.07) is 3.70. The first-order valence-corrected chi connectivity index (χ1v) is 7.60. The van der Waals surface area contributed by atoms with Gasteiger partial charge < -0.3 is 20.1 Å². The van der Waals surface area contributed by atoms with Crippen LogP contribution >= 0.6 is 28.3 Å². The average molecular weight is 378 g/mol. The molecule has 1 atom stereocenters. The van der Waals surface area contributed by atoms with E-state index in [0.29, 0.717) is 36.8 Å². The Balaban J connectivity index is 0.00000161. The number of benzene rings is 1. The smallest absolute Gasteiger partial charge is 0.254 e. The SMILES string of the molecule is Cl.NCC1CCCN1C(=O)c1cc(Br)c2c(c1)OCCO2. The Morgan fingerprint density at radius 1 is 1.38 bits per heavy atom. The molecule has 2 aliphatic rings. The van der Waals surface area contributed by atoms with Crippen LogP contribution in [0.25, 0.3) is 0 Å². The van der Waals surface area contributed by atoms with Gasteiger partial charge in [-0.05, 0) is 40.9 Å². The molecule has 116 valence electrons. The number of nitrogens with two attached hydrogens (primary N) is 1. The van der Waals surface area contributed by atoms with Crippen molar-refractivity contribution in [2.75, 3.05) is 26.3 Å². The normalized spacial score (nSPS) is 20.1. The van der Waals surface area contributed by atoms with Crippen LogP contribution < -0.4 is 15.2 Å². The number of hydrogen-bond donors (Lipinski definition) is 1. The number of likely N-dealkylation sites (tertiary alicyclic amines) is 1. The number of carbonyl (C=O) groups is 1. The van der Waals surface area contributed by atoms with Gasteiger partial charge in [0.05, 0.1) is 4.47 Å². The van der Waals surface area contributed by atoms with E-state index < -0.39 is 0 Å². The van der Waals surface area contributed by atoms with Crippen molar-refractivity contribution < 1.29 is 14.3 Å². The van der Waals surface area contributed by atoms with Crippen molar-refractivity contribution in [3.63, 3.8) is 0 Å². The number of ether oxygens (including phenoxy) is 2. The minimum Gasteiger partial charge on any atom is -0.486 e. The van der Waals surface area contributed by atoms with E-state index >= 15 is 0 Å². The van der Waals surface area contributed by atoms with Crippen molar-refractivity contribution >= 4 is 34.2 Å². The van der Waals surface area contributed by atoms with Gasteiger partial charge in [0.25, 0.3) is 5.91 Å². The van der Waals surface area contributed by atoms with Crippen molar-refractivity contribution in [1.82, 2.24) is 4.90 Å². The zero-order valence-electron chi connectivity index (χ0n) is 11.5. The highest BCUT2D eigenvalue weighted by Gasteiger charge is 2.29. The van der Waals surface area contributed by atoms with Gasteiger partial charge in [-0.1, -0.05) is 0 Å². The van der Waals surface area contributed by atoms with Crippen LogP contribution in [0.1, 0.15) is 23.2 Å². The standard InChI is InChI=1S/C14H17BrN2O3.ClH/c15-11-6-9(7-12-13(11)20-5-4-19-12)14(18)17-3-1-2-10(17)8-16;/h6-7,10H,1-5,8,16H2;1H. The van der Waals surface area contributed by atoms with Gasteiger partial charge in [0, 0.05) is 24.7 Å². The maximum Gasteiger partial charge on any atom is 0.254 e. The van der Waals surface area contributed by atoms with E-state index in [1.165, 1.54) is 0 Å². The van der Waals surface area contributed by atoms with E-state index in [1.54, 1.807) is 12.1 Å². The second-order valence-electron chi connectivity index (χ2n) is 5.01. The number of rotatable bonds is 2. The number of halogens is 2. The molecule has 1 amide bonds. The first kappa shape index (κ1) is 16.4. The van der Waals surface area contributed by atoms with Crippen molar-refractivity contribution in [2.24, 2.45) is 5.73 Å². The highest BCUT2D eigenvalue weighted by Crippen LogP contribution is 2.39. The van der Waals surface area contributed by atoms with Gasteiger partial charge in [-0.2, -0.15) is 0 Å². The van der Waals surface area contributed by atoms with Gasteiger partial charge in [-0.3, -0.25) is 4.79 Å². The van der Waals surface area contributed by atoms with Crippen molar-refractivity contribution in [3.8, 4) is 11.5 Å². The molecule has 1 aromatic rings. The molecular formula is C14H18BrClN2O3. The summed E-state index contributed by atoms with van der Waals surface area (Å²) in [5.41, 5.74) is 6.35. The fraction of sp³-hybridized carbons (Fsp3) is 0.500. The molecule has 21 heavy (non-hydrogen) atoms. The average Bonchev–Trinajstić information content (AvgIpc) is 2.95. The molecule has 3 rings (SSSR count). The molecule has 0 radical (unpaired) electrons. The maximum absolute atomic E-state index is 12.6. The number of carbonyl (C=O) groups excluding carboxylic acids is 1. The number of hydrogen-bond acceptors (Lipinski definition) is 4. The topological polar surface area (TPSA) is 64.8 Å². The first-order valence-electron chi connectivity index (χ1n) is 6.81. The van der Waals surface area contributed by atoms with E-state index in [2.05, 4.69) is 15.9 Å². The van der Waals surface area contributed by atoms with Gasteiger partial charge in [0.1, 0.15) is 13.2 Å². The lowest BCUT2D eigenvalue weighted by molar-refractivity contribution is 0.0740. The van der Waals surface area contributed by atoms with Crippen LogP contribution in [0.2, 0.25) is 0 Å². The van der Waals surface area contributed by atoms with Crippen molar-refractivity contribution in [1.29, 1.82) is 0 Å². The fourth-order valence-electron chi connectivity index (χ4n) is 2.75. The van der Waals surface area contributed by atoms with E-state index in [-0.39, 0.29) is 24.4 Å². The zero-order chi connectivity index (χ0) is 14.1. The zero-order valence-corrected chi connectivity index (χ0v) is 13.9. The molecule has 7 heteroatoms. The van der Waals surface area contributed by atoms with Crippen LogP contribution in [0, 0.1) is 0 Å². The predicted molar refractivity (Wildman–Crippen MR) is 85.5 cm³/mol. The van der Waals surface area contributed by atoms with Crippen LogP contribution in [0.4, 0.5) is 0 Å². The van der Waals surface area contributed by atoms with Crippen LogP contribution in [0.3, 0.4) is 0 Å². The summed E-state index contributed by atoms with van der Waals surface area (Å²) < 4.78 is 11.9. The molecule has 1 unspecified atom stereocenters. The lowest BCUT2D eigenvalue weighted by Gasteiger charge is -2.25. The van der Waals surface area contributed by atoms with Crippen LogP contribution in [-0.2, 0) is 0 Å². The fourth-order valence-corrected chi connectivity index (χ4v) is 3.30. The summed E-state index contributed by atoms with van der Waals surface area (Å²) in [7, 11) is 0. The molecule has 1 aromatic carbocycles. The largest absolute Gasteiger partial charge is 0.486 e. The number of amides is 1. The molecule has 1 saturated heterocycles. The summed E-state index contributed by atoms with van der Waals surface area (Å²) in [4.78, 5) is 14.5.